The molecule has 6 heteroatoms. The lowest BCUT2D eigenvalue weighted by atomic mass is 10.00. The van der Waals surface area contributed by atoms with E-state index in [-0.39, 0.29) is 17.1 Å². The van der Waals surface area contributed by atoms with Gasteiger partial charge in [0.15, 0.2) is 0 Å². The third-order valence-corrected chi connectivity index (χ3v) is 6.07. The van der Waals surface area contributed by atoms with Crippen molar-refractivity contribution in [3.8, 4) is 0 Å². The molecule has 3 N–H and O–H groups in total. The first-order chi connectivity index (χ1) is 13.1. The van der Waals surface area contributed by atoms with Gasteiger partial charge in [0.1, 0.15) is 5.71 Å². The highest BCUT2D eigenvalue weighted by Crippen LogP contribution is 2.33. The number of nitrogens with two attached hydrogens (primary N) is 1. The molecule has 0 saturated heterocycles. The smallest absolute Gasteiger partial charge is 0.335 e. The van der Waals surface area contributed by atoms with Crippen LogP contribution in [0, 0.1) is 0 Å². The molecule has 0 spiro atoms. The number of hydrazone groups is 1. The van der Waals surface area contributed by atoms with Crippen molar-refractivity contribution in [3.05, 3.63) is 65.2 Å². The van der Waals surface area contributed by atoms with Crippen LogP contribution in [0.15, 0.2) is 58.5 Å². The molecule has 1 fully saturated rings. The summed E-state index contributed by atoms with van der Waals surface area (Å²) in [6, 6.07) is 13.5. The minimum Gasteiger partial charge on any atom is -0.478 e. The molecule has 0 unspecified atom stereocenters. The Morgan fingerprint density at radius 2 is 1.44 bits per heavy atom. The highest BCUT2D eigenvalue weighted by Gasteiger charge is 2.18. The monoisotopic (exact) mass is 382 g/mol. The number of Topliss-reactive ketones (excluding diaryl/α,β-unsaturated/α-hetero) is 1. The van der Waals surface area contributed by atoms with Gasteiger partial charge in [0.05, 0.1) is 5.56 Å². The maximum absolute atomic E-state index is 12.8. The third-order valence-electron chi connectivity index (χ3n) is 4.72. The Morgan fingerprint density at radius 1 is 0.889 bits per heavy atom. The fourth-order valence-corrected chi connectivity index (χ4v) is 4.48. The Morgan fingerprint density at radius 3 is 2.00 bits per heavy atom. The Hall–Kier alpha value is -2.60. The summed E-state index contributed by atoms with van der Waals surface area (Å²) in [7, 11) is 0. The topological polar surface area (TPSA) is 92.8 Å². The molecule has 0 heterocycles. The zero-order valence-corrected chi connectivity index (χ0v) is 15.7. The van der Waals surface area contributed by atoms with E-state index in [1.165, 1.54) is 44.2 Å². The molecule has 0 bridgehead atoms. The van der Waals surface area contributed by atoms with Crippen molar-refractivity contribution < 1.29 is 14.7 Å². The van der Waals surface area contributed by atoms with Crippen LogP contribution in [0.3, 0.4) is 0 Å². The molecule has 5 nitrogen and oxygen atoms in total. The van der Waals surface area contributed by atoms with Crippen molar-refractivity contribution in [2.24, 2.45) is 10.9 Å². The summed E-state index contributed by atoms with van der Waals surface area (Å²) in [5, 5.41) is 13.3. The molecule has 0 aromatic heterocycles. The lowest BCUT2D eigenvalue weighted by Crippen LogP contribution is -2.18. The number of rotatable bonds is 6. The SMILES string of the molecule is NN=C(C(=O)c1ccc(SC2CCCCC2)cc1)c1ccc(C(=O)O)cc1. The molecule has 1 aliphatic carbocycles. The Bertz CT molecular complexity index is 839. The number of aromatic carboxylic acids is 1. The van der Waals surface area contributed by atoms with Crippen molar-refractivity contribution in [3.63, 3.8) is 0 Å². The average Bonchev–Trinajstić information content (AvgIpc) is 2.70. The summed E-state index contributed by atoms with van der Waals surface area (Å²) in [6.07, 6.45) is 6.43. The van der Waals surface area contributed by atoms with E-state index in [1.54, 1.807) is 24.3 Å². The molecule has 2 aromatic rings. The number of hydrogen-bond donors (Lipinski definition) is 2. The highest BCUT2D eigenvalue weighted by atomic mass is 32.2. The van der Waals surface area contributed by atoms with Crippen molar-refractivity contribution in [1.82, 2.24) is 0 Å². The van der Waals surface area contributed by atoms with E-state index in [9.17, 15) is 9.59 Å². The molecule has 27 heavy (non-hydrogen) atoms. The second-order valence-electron chi connectivity index (χ2n) is 6.59. The molecule has 1 aliphatic rings. The van der Waals surface area contributed by atoms with Gasteiger partial charge in [0, 0.05) is 21.3 Å². The van der Waals surface area contributed by atoms with Crippen molar-refractivity contribution in [2.75, 3.05) is 0 Å². The summed E-state index contributed by atoms with van der Waals surface area (Å²) >= 11 is 1.88. The number of carbonyl (C=O) groups excluding carboxylic acids is 1. The van der Waals surface area contributed by atoms with Crippen molar-refractivity contribution in [1.29, 1.82) is 0 Å². The van der Waals surface area contributed by atoms with Gasteiger partial charge in [-0.05, 0) is 49.2 Å². The molecule has 3 rings (SSSR count). The fourth-order valence-electron chi connectivity index (χ4n) is 3.23. The molecule has 0 aliphatic heterocycles. The van der Waals surface area contributed by atoms with Crippen LogP contribution >= 0.6 is 11.8 Å². The first-order valence-electron chi connectivity index (χ1n) is 9.01. The minimum atomic E-state index is -1.02. The van der Waals surface area contributed by atoms with Gasteiger partial charge in [0.2, 0.25) is 5.78 Å². The molecule has 0 amide bonds. The number of carbonyl (C=O) groups is 2. The number of thioether (sulfide) groups is 1. The van der Waals surface area contributed by atoms with Crippen LogP contribution < -0.4 is 5.84 Å². The molecule has 2 aromatic carbocycles. The maximum atomic E-state index is 12.8. The van der Waals surface area contributed by atoms with E-state index < -0.39 is 5.97 Å². The zero-order valence-electron chi connectivity index (χ0n) is 14.9. The van der Waals surface area contributed by atoms with Gasteiger partial charge >= 0.3 is 5.97 Å². The van der Waals surface area contributed by atoms with Gasteiger partial charge in [-0.3, -0.25) is 4.79 Å². The Kier molecular flexibility index (Phi) is 6.29. The average molecular weight is 382 g/mol. The molecular formula is C21H22N2O3S. The van der Waals surface area contributed by atoms with Gasteiger partial charge < -0.3 is 10.9 Å². The highest BCUT2D eigenvalue weighted by molar-refractivity contribution is 8.00. The zero-order chi connectivity index (χ0) is 19.2. The Labute approximate surface area is 162 Å². The van der Waals surface area contributed by atoms with Crippen LogP contribution in [0.2, 0.25) is 0 Å². The van der Waals surface area contributed by atoms with Gasteiger partial charge in [-0.2, -0.15) is 5.10 Å². The summed E-state index contributed by atoms with van der Waals surface area (Å²) in [5.74, 6) is 4.14. The standard InChI is InChI=1S/C21H22N2O3S/c22-23-19(14-6-8-16(9-7-14)21(25)26)20(24)15-10-12-18(13-11-15)27-17-4-2-1-3-5-17/h6-13,17H,1-5,22H2,(H,25,26). The number of hydrogen-bond acceptors (Lipinski definition) is 5. The molecular weight excluding hydrogens is 360 g/mol. The maximum Gasteiger partial charge on any atom is 0.335 e. The lowest BCUT2D eigenvalue weighted by molar-refractivity contribution is 0.0696. The molecule has 1 saturated carbocycles. The molecule has 140 valence electrons. The van der Waals surface area contributed by atoms with E-state index >= 15 is 0 Å². The predicted molar refractivity (Wildman–Crippen MR) is 108 cm³/mol. The van der Waals surface area contributed by atoms with E-state index in [0.717, 1.165) is 4.90 Å². The second-order valence-corrected chi connectivity index (χ2v) is 7.97. The Balaban J connectivity index is 1.72. The third kappa shape index (κ3) is 4.77. The van der Waals surface area contributed by atoms with Gasteiger partial charge in [-0.25, -0.2) is 4.79 Å². The number of benzene rings is 2. The van der Waals surface area contributed by atoms with Crippen molar-refractivity contribution >= 4 is 29.2 Å². The normalized spacial score (nSPS) is 15.5. The number of ketones is 1. The summed E-state index contributed by atoms with van der Waals surface area (Å²) in [5.41, 5.74) is 1.26. The van der Waals surface area contributed by atoms with Gasteiger partial charge in [-0.15, -0.1) is 11.8 Å². The van der Waals surface area contributed by atoms with Crippen LogP contribution in [0.4, 0.5) is 0 Å². The number of nitrogens with zero attached hydrogens (tertiary/aromatic N) is 1. The fraction of sp³-hybridized carbons (Fsp3) is 0.286. The largest absolute Gasteiger partial charge is 0.478 e. The van der Waals surface area contributed by atoms with Crippen LogP contribution in [-0.2, 0) is 0 Å². The van der Waals surface area contributed by atoms with Crippen LogP contribution in [0.1, 0.15) is 58.4 Å². The van der Waals surface area contributed by atoms with Crippen LogP contribution in [0.5, 0.6) is 0 Å². The van der Waals surface area contributed by atoms with Crippen molar-refractivity contribution in [2.45, 2.75) is 42.2 Å². The summed E-state index contributed by atoms with van der Waals surface area (Å²) in [4.78, 5) is 24.9. The lowest BCUT2D eigenvalue weighted by Gasteiger charge is -2.20. The quantitative estimate of drug-likeness (QED) is 0.335. The van der Waals surface area contributed by atoms with Crippen LogP contribution in [-0.4, -0.2) is 27.8 Å². The van der Waals surface area contributed by atoms with E-state index in [2.05, 4.69) is 5.10 Å². The van der Waals surface area contributed by atoms with E-state index in [0.29, 0.717) is 16.4 Å². The van der Waals surface area contributed by atoms with Gasteiger partial charge in [0.25, 0.3) is 0 Å². The first kappa shape index (κ1) is 19.2. The van der Waals surface area contributed by atoms with Crippen LogP contribution in [0.25, 0.3) is 0 Å². The summed E-state index contributed by atoms with van der Waals surface area (Å²) < 4.78 is 0. The van der Waals surface area contributed by atoms with E-state index in [1.807, 2.05) is 23.9 Å². The minimum absolute atomic E-state index is 0.111. The first-order valence-corrected chi connectivity index (χ1v) is 9.89. The molecule has 0 radical (unpaired) electrons. The van der Waals surface area contributed by atoms with Gasteiger partial charge in [-0.1, -0.05) is 31.4 Å². The second kappa shape index (κ2) is 8.86. The predicted octanol–water partition coefficient (Wildman–Crippen LogP) is 4.36. The summed E-state index contributed by atoms with van der Waals surface area (Å²) in [6.45, 7) is 0. The molecule has 0 atom stereocenters. The van der Waals surface area contributed by atoms with E-state index in [4.69, 9.17) is 10.9 Å². The number of carboxylic acid groups (broad SMARTS) is 1. The number of carboxylic acids is 1.